The Morgan fingerprint density at radius 1 is 1.17 bits per heavy atom. The Bertz CT molecular complexity index is 826. The fourth-order valence-electron chi connectivity index (χ4n) is 3.75. The minimum absolute atomic E-state index is 0.256. The van der Waals surface area contributed by atoms with E-state index in [1.54, 1.807) is 24.0 Å². The monoisotopic (exact) mass is 405 g/mol. The number of carbonyl (C=O) groups is 3. The third-order valence-corrected chi connectivity index (χ3v) is 5.29. The van der Waals surface area contributed by atoms with Gasteiger partial charge in [0.15, 0.2) is 0 Å². The summed E-state index contributed by atoms with van der Waals surface area (Å²) in [5.41, 5.74) is 0.945. The van der Waals surface area contributed by atoms with Crippen molar-refractivity contribution < 1.29 is 23.5 Å². The number of amides is 3. The van der Waals surface area contributed by atoms with Crippen molar-refractivity contribution in [2.75, 3.05) is 31.1 Å². The molecule has 2 saturated heterocycles. The third-order valence-electron chi connectivity index (χ3n) is 5.29. The summed E-state index contributed by atoms with van der Waals surface area (Å²) < 4.78 is 20.5. The molecule has 2 aliphatic rings. The second-order valence-corrected chi connectivity index (χ2v) is 8.57. The SMILES string of the molecule is Cc1c(C2CCC(=O)NC2=O)ccc(N2CCN(C(=O)OC(C)(C)C)CC2)c1F. The lowest BCUT2D eigenvalue weighted by molar-refractivity contribution is -0.134. The molecule has 3 amide bonds. The average molecular weight is 405 g/mol. The first-order valence-corrected chi connectivity index (χ1v) is 9.92. The van der Waals surface area contributed by atoms with Crippen LogP contribution >= 0.6 is 0 Å². The fourth-order valence-corrected chi connectivity index (χ4v) is 3.75. The molecule has 2 aliphatic heterocycles. The molecule has 0 bridgehead atoms. The van der Waals surface area contributed by atoms with E-state index in [-0.39, 0.29) is 30.1 Å². The van der Waals surface area contributed by atoms with Crippen LogP contribution in [0.4, 0.5) is 14.9 Å². The first-order valence-electron chi connectivity index (χ1n) is 9.92. The molecule has 1 atom stereocenters. The Morgan fingerprint density at radius 3 is 2.41 bits per heavy atom. The number of benzene rings is 1. The van der Waals surface area contributed by atoms with Gasteiger partial charge in [-0.2, -0.15) is 0 Å². The third kappa shape index (κ3) is 4.68. The minimum atomic E-state index is -0.552. The van der Waals surface area contributed by atoms with Crippen LogP contribution in [0, 0.1) is 12.7 Å². The Balaban J connectivity index is 1.70. The second kappa shape index (κ2) is 8.00. The van der Waals surface area contributed by atoms with Crippen molar-refractivity contribution >= 4 is 23.6 Å². The Labute approximate surface area is 170 Å². The van der Waals surface area contributed by atoms with E-state index in [9.17, 15) is 14.4 Å². The van der Waals surface area contributed by atoms with E-state index < -0.39 is 11.5 Å². The highest BCUT2D eigenvalue weighted by Gasteiger charge is 2.31. The maximum Gasteiger partial charge on any atom is 0.410 e. The molecule has 0 radical (unpaired) electrons. The Morgan fingerprint density at radius 2 is 1.83 bits per heavy atom. The summed E-state index contributed by atoms with van der Waals surface area (Å²) in [6, 6.07) is 3.46. The lowest BCUT2D eigenvalue weighted by Gasteiger charge is -2.37. The number of ether oxygens (including phenoxy) is 1. The van der Waals surface area contributed by atoms with Crippen molar-refractivity contribution in [1.29, 1.82) is 0 Å². The van der Waals surface area contributed by atoms with Crippen LogP contribution in [-0.2, 0) is 14.3 Å². The number of piperidine rings is 1. The van der Waals surface area contributed by atoms with E-state index in [1.807, 2.05) is 25.7 Å². The van der Waals surface area contributed by atoms with E-state index in [0.717, 1.165) is 0 Å². The van der Waals surface area contributed by atoms with E-state index in [2.05, 4.69) is 5.32 Å². The molecule has 29 heavy (non-hydrogen) atoms. The smallest absolute Gasteiger partial charge is 0.410 e. The largest absolute Gasteiger partial charge is 0.444 e. The van der Waals surface area contributed by atoms with Crippen LogP contribution in [0.3, 0.4) is 0 Å². The highest BCUT2D eigenvalue weighted by atomic mass is 19.1. The van der Waals surface area contributed by atoms with Gasteiger partial charge in [0, 0.05) is 32.6 Å². The molecule has 0 spiro atoms. The molecule has 3 rings (SSSR count). The van der Waals surface area contributed by atoms with Crippen molar-refractivity contribution in [2.24, 2.45) is 0 Å². The van der Waals surface area contributed by atoms with Gasteiger partial charge >= 0.3 is 6.09 Å². The molecule has 2 heterocycles. The van der Waals surface area contributed by atoms with Gasteiger partial charge in [0.2, 0.25) is 11.8 Å². The predicted octanol–water partition coefficient (Wildman–Crippen LogP) is 2.71. The maximum atomic E-state index is 15.1. The summed E-state index contributed by atoms with van der Waals surface area (Å²) in [5.74, 6) is -1.54. The number of halogens is 1. The number of rotatable bonds is 2. The normalized spacial score (nSPS) is 20.5. The highest BCUT2D eigenvalue weighted by molar-refractivity contribution is 6.01. The zero-order valence-electron chi connectivity index (χ0n) is 17.4. The van der Waals surface area contributed by atoms with Crippen molar-refractivity contribution in [3.8, 4) is 0 Å². The van der Waals surface area contributed by atoms with Crippen LogP contribution in [0.25, 0.3) is 0 Å². The molecule has 1 aromatic rings. The van der Waals surface area contributed by atoms with E-state index >= 15 is 4.39 Å². The van der Waals surface area contributed by atoms with Crippen molar-refractivity contribution in [3.63, 3.8) is 0 Å². The lowest BCUT2D eigenvalue weighted by Crippen LogP contribution is -2.50. The summed E-state index contributed by atoms with van der Waals surface area (Å²) in [4.78, 5) is 39.2. The van der Waals surface area contributed by atoms with Crippen molar-refractivity contribution in [3.05, 3.63) is 29.1 Å². The van der Waals surface area contributed by atoms with Crippen molar-refractivity contribution in [2.45, 2.75) is 52.1 Å². The van der Waals surface area contributed by atoms with E-state index in [4.69, 9.17) is 4.74 Å². The van der Waals surface area contributed by atoms with Crippen molar-refractivity contribution in [1.82, 2.24) is 10.2 Å². The second-order valence-electron chi connectivity index (χ2n) is 8.57. The first-order chi connectivity index (χ1) is 13.6. The predicted molar refractivity (Wildman–Crippen MR) is 106 cm³/mol. The molecular formula is C21H28FN3O4. The van der Waals surface area contributed by atoms with Crippen LogP contribution < -0.4 is 10.2 Å². The zero-order chi connectivity index (χ0) is 21.3. The van der Waals surface area contributed by atoms with E-state index in [0.29, 0.717) is 49.4 Å². The molecular weight excluding hydrogens is 377 g/mol. The molecule has 8 heteroatoms. The molecule has 158 valence electrons. The summed E-state index contributed by atoms with van der Waals surface area (Å²) in [7, 11) is 0. The minimum Gasteiger partial charge on any atom is -0.444 e. The Kier molecular flexibility index (Phi) is 5.82. The molecule has 0 aromatic heterocycles. The fraction of sp³-hybridized carbons (Fsp3) is 0.571. The van der Waals surface area contributed by atoms with Crippen LogP contribution in [-0.4, -0.2) is 54.6 Å². The molecule has 1 unspecified atom stereocenters. The molecule has 0 aliphatic carbocycles. The standard InChI is InChI=1S/C21H28FN3O4/c1-13-14(15-6-8-17(26)23-19(15)27)5-7-16(18(13)22)24-9-11-25(12-10-24)20(28)29-21(2,3)4/h5,7,15H,6,8-12H2,1-4H3,(H,23,26,27). The van der Waals surface area contributed by atoms with Gasteiger partial charge in [0.1, 0.15) is 11.4 Å². The van der Waals surface area contributed by atoms with Gasteiger partial charge in [-0.05, 0) is 51.3 Å². The van der Waals surface area contributed by atoms with Crippen LogP contribution in [0.15, 0.2) is 12.1 Å². The summed E-state index contributed by atoms with van der Waals surface area (Å²) >= 11 is 0. The molecule has 1 aromatic carbocycles. The number of hydrogen-bond acceptors (Lipinski definition) is 5. The molecule has 0 saturated carbocycles. The van der Waals surface area contributed by atoms with Gasteiger partial charge in [-0.1, -0.05) is 6.07 Å². The van der Waals surface area contributed by atoms with Gasteiger partial charge in [0.25, 0.3) is 0 Å². The highest BCUT2D eigenvalue weighted by Crippen LogP contribution is 2.33. The number of imide groups is 1. The van der Waals surface area contributed by atoms with Gasteiger partial charge in [-0.3, -0.25) is 14.9 Å². The number of anilines is 1. The zero-order valence-corrected chi connectivity index (χ0v) is 17.4. The lowest BCUT2D eigenvalue weighted by atomic mass is 9.87. The number of piperazine rings is 1. The summed E-state index contributed by atoms with van der Waals surface area (Å²) in [6.07, 6.45) is 0.284. The maximum absolute atomic E-state index is 15.1. The first kappa shape index (κ1) is 21.1. The number of nitrogens with one attached hydrogen (secondary N) is 1. The Hall–Kier alpha value is -2.64. The number of carbonyl (C=O) groups excluding carboxylic acids is 3. The van der Waals surface area contributed by atoms with Gasteiger partial charge in [-0.25, -0.2) is 9.18 Å². The van der Waals surface area contributed by atoms with Gasteiger partial charge in [-0.15, -0.1) is 0 Å². The van der Waals surface area contributed by atoms with Gasteiger partial charge < -0.3 is 14.5 Å². The van der Waals surface area contributed by atoms with Crippen LogP contribution in [0.5, 0.6) is 0 Å². The molecule has 7 nitrogen and oxygen atoms in total. The summed E-state index contributed by atoms with van der Waals surface area (Å²) in [5, 5.41) is 2.32. The van der Waals surface area contributed by atoms with Crippen LogP contribution in [0.1, 0.15) is 50.7 Å². The quantitative estimate of drug-likeness (QED) is 0.766. The summed E-state index contributed by atoms with van der Waals surface area (Å²) in [6.45, 7) is 9.01. The molecule has 2 fully saturated rings. The topological polar surface area (TPSA) is 79.0 Å². The van der Waals surface area contributed by atoms with E-state index in [1.165, 1.54) is 0 Å². The molecule has 1 N–H and O–H groups in total. The number of nitrogens with zero attached hydrogens (tertiary/aromatic N) is 2. The van der Waals surface area contributed by atoms with Crippen LogP contribution in [0.2, 0.25) is 0 Å². The average Bonchev–Trinajstić information content (AvgIpc) is 2.63. The van der Waals surface area contributed by atoms with Gasteiger partial charge in [0.05, 0.1) is 11.6 Å². The number of hydrogen-bond donors (Lipinski definition) is 1.